The van der Waals surface area contributed by atoms with Gasteiger partial charge in [-0.2, -0.15) is 0 Å². The predicted octanol–water partition coefficient (Wildman–Crippen LogP) is 2.04. The SMILES string of the molecule is COCC(c1ccccc1)N1CCC(N)C(C)C1. The van der Waals surface area contributed by atoms with Crippen LogP contribution in [0.4, 0.5) is 0 Å². The molecule has 3 nitrogen and oxygen atoms in total. The first-order chi connectivity index (χ1) is 8.72. The first-order valence-electron chi connectivity index (χ1n) is 6.76. The Morgan fingerprint density at radius 2 is 2.11 bits per heavy atom. The van der Waals surface area contributed by atoms with E-state index in [-0.39, 0.29) is 0 Å². The van der Waals surface area contributed by atoms with Crippen molar-refractivity contribution in [3.63, 3.8) is 0 Å². The van der Waals surface area contributed by atoms with E-state index in [9.17, 15) is 0 Å². The molecule has 18 heavy (non-hydrogen) atoms. The van der Waals surface area contributed by atoms with Crippen molar-refractivity contribution in [1.29, 1.82) is 0 Å². The van der Waals surface area contributed by atoms with Gasteiger partial charge in [0, 0.05) is 26.2 Å². The van der Waals surface area contributed by atoms with Crippen molar-refractivity contribution in [2.75, 3.05) is 26.8 Å². The first kappa shape index (κ1) is 13.5. The van der Waals surface area contributed by atoms with E-state index >= 15 is 0 Å². The lowest BCUT2D eigenvalue weighted by Crippen LogP contribution is -2.47. The van der Waals surface area contributed by atoms with Crippen molar-refractivity contribution in [2.45, 2.75) is 25.4 Å². The number of benzene rings is 1. The summed E-state index contributed by atoms with van der Waals surface area (Å²) in [5.41, 5.74) is 7.43. The summed E-state index contributed by atoms with van der Waals surface area (Å²) in [7, 11) is 1.77. The molecular formula is C15H24N2O. The first-order valence-corrected chi connectivity index (χ1v) is 6.76. The number of piperidine rings is 1. The van der Waals surface area contributed by atoms with E-state index in [0.717, 1.165) is 26.1 Å². The van der Waals surface area contributed by atoms with E-state index in [0.29, 0.717) is 18.0 Å². The number of methoxy groups -OCH3 is 1. The molecule has 0 saturated carbocycles. The minimum Gasteiger partial charge on any atom is -0.383 e. The van der Waals surface area contributed by atoms with Gasteiger partial charge < -0.3 is 10.5 Å². The minimum atomic E-state index is 0.347. The van der Waals surface area contributed by atoms with Gasteiger partial charge in [-0.05, 0) is 17.9 Å². The molecule has 1 aromatic rings. The number of rotatable bonds is 4. The summed E-state index contributed by atoms with van der Waals surface area (Å²) in [6.45, 7) is 5.11. The highest BCUT2D eigenvalue weighted by molar-refractivity contribution is 5.19. The highest BCUT2D eigenvalue weighted by atomic mass is 16.5. The highest BCUT2D eigenvalue weighted by Gasteiger charge is 2.28. The Morgan fingerprint density at radius 3 is 2.72 bits per heavy atom. The summed E-state index contributed by atoms with van der Waals surface area (Å²) in [5, 5.41) is 0. The number of likely N-dealkylation sites (tertiary alicyclic amines) is 1. The summed E-state index contributed by atoms with van der Waals surface area (Å²) >= 11 is 0. The molecule has 0 bridgehead atoms. The maximum Gasteiger partial charge on any atom is 0.0659 e. The largest absolute Gasteiger partial charge is 0.383 e. The van der Waals surface area contributed by atoms with Crippen LogP contribution >= 0.6 is 0 Å². The normalized spacial score (nSPS) is 27.1. The summed E-state index contributed by atoms with van der Waals surface area (Å²) in [4.78, 5) is 2.51. The Bertz CT molecular complexity index is 355. The fraction of sp³-hybridized carbons (Fsp3) is 0.600. The minimum absolute atomic E-state index is 0.347. The second-order valence-corrected chi connectivity index (χ2v) is 5.31. The molecule has 3 heteroatoms. The lowest BCUT2D eigenvalue weighted by Gasteiger charge is -2.40. The Hall–Kier alpha value is -0.900. The van der Waals surface area contributed by atoms with Gasteiger partial charge in [0.25, 0.3) is 0 Å². The number of ether oxygens (including phenoxy) is 1. The van der Waals surface area contributed by atoms with Crippen LogP contribution in [-0.4, -0.2) is 37.7 Å². The summed E-state index contributed by atoms with van der Waals surface area (Å²) in [5.74, 6) is 0.557. The fourth-order valence-electron chi connectivity index (χ4n) is 2.72. The van der Waals surface area contributed by atoms with E-state index < -0.39 is 0 Å². The van der Waals surface area contributed by atoms with Gasteiger partial charge in [0.1, 0.15) is 0 Å². The predicted molar refractivity (Wildman–Crippen MR) is 74.4 cm³/mol. The molecule has 1 heterocycles. The molecule has 1 aliphatic heterocycles. The smallest absolute Gasteiger partial charge is 0.0659 e. The number of nitrogens with two attached hydrogens (primary N) is 1. The van der Waals surface area contributed by atoms with Crippen molar-refractivity contribution >= 4 is 0 Å². The number of nitrogens with zero attached hydrogens (tertiary/aromatic N) is 1. The van der Waals surface area contributed by atoms with Crippen LogP contribution in [0, 0.1) is 5.92 Å². The van der Waals surface area contributed by atoms with Gasteiger partial charge in [0.15, 0.2) is 0 Å². The Balaban J connectivity index is 2.11. The Kier molecular flexibility index (Phi) is 4.75. The van der Waals surface area contributed by atoms with Crippen LogP contribution in [0.5, 0.6) is 0 Å². The zero-order valence-electron chi connectivity index (χ0n) is 11.4. The van der Waals surface area contributed by atoms with Crippen LogP contribution in [0.3, 0.4) is 0 Å². The lowest BCUT2D eigenvalue weighted by atomic mass is 9.92. The quantitative estimate of drug-likeness (QED) is 0.886. The van der Waals surface area contributed by atoms with Crippen LogP contribution in [-0.2, 0) is 4.74 Å². The average Bonchev–Trinajstić information content (AvgIpc) is 2.40. The van der Waals surface area contributed by atoms with Gasteiger partial charge in [-0.1, -0.05) is 37.3 Å². The maximum absolute atomic E-state index is 6.10. The molecule has 3 unspecified atom stereocenters. The molecule has 100 valence electrons. The van der Waals surface area contributed by atoms with Gasteiger partial charge in [0.05, 0.1) is 12.6 Å². The average molecular weight is 248 g/mol. The Morgan fingerprint density at radius 1 is 1.39 bits per heavy atom. The number of hydrogen-bond donors (Lipinski definition) is 1. The van der Waals surface area contributed by atoms with Gasteiger partial charge >= 0.3 is 0 Å². The fourth-order valence-corrected chi connectivity index (χ4v) is 2.72. The molecule has 0 aliphatic carbocycles. The van der Waals surface area contributed by atoms with E-state index in [1.165, 1.54) is 5.56 Å². The molecule has 0 aromatic heterocycles. The molecule has 1 aromatic carbocycles. The van der Waals surface area contributed by atoms with Crippen molar-refractivity contribution in [2.24, 2.45) is 11.7 Å². The van der Waals surface area contributed by atoms with E-state index in [4.69, 9.17) is 10.5 Å². The van der Waals surface area contributed by atoms with Crippen LogP contribution in [0.15, 0.2) is 30.3 Å². The van der Waals surface area contributed by atoms with E-state index in [2.05, 4.69) is 42.2 Å². The summed E-state index contributed by atoms with van der Waals surface area (Å²) in [6.07, 6.45) is 1.08. The molecule has 0 amide bonds. The molecule has 2 N–H and O–H groups in total. The summed E-state index contributed by atoms with van der Waals surface area (Å²) in [6, 6.07) is 11.3. The lowest BCUT2D eigenvalue weighted by molar-refractivity contribution is 0.0558. The van der Waals surface area contributed by atoms with Crippen LogP contribution in [0.1, 0.15) is 24.9 Å². The molecular weight excluding hydrogens is 224 g/mol. The van der Waals surface area contributed by atoms with Crippen molar-refractivity contribution in [1.82, 2.24) is 4.90 Å². The Labute approximate surface area is 110 Å². The molecule has 1 aliphatic rings. The zero-order valence-corrected chi connectivity index (χ0v) is 11.4. The molecule has 0 radical (unpaired) electrons. The molecule has 3 atom stereocenters. The third kappa shape index (κ3) is 3.10. The van der Waals surface area contributed by atoms with Crippen LogP contribution in [0.2, 0.25) is 0 Å². The second-order valence-electron chi connectivity index (χ2n) is 5.31. The molecule has 1 fully saturated rings. The van der Waals surface area contributed by atoms with Crippen LogP contribution < -0.4 is 5.73 Å². The maximum atomic E-state index is 6.10. The second kappa shape index (κ2) is 6.32. The third-order valence-corrected chi connectivity index (χ3v) is 3.95. The molecule has 2 rings (SSSR count). The van der Waals surface area contributed by atoms with Crippen molar-refractivity contribution < 1.29 is 4.74 Å². The van der Waals surface area contributed by atoms with Crippen molar-refractivity contribution in [3.05, 3.63) is 35.9 Å². The molecule has 0 spiro atoms. The van der Waals surface area contributed by atoms with Gasteiger partial charge in [-0.15, -0.1) is 0 Å². The zero-order chi connectivity index (χ0) is 13.0. The summed E-state index contributed by atoms with van der Waals surface area (Å²) < 4.78 is 5.40. The molecule has 1 saturated heterocycles. The van der Waals surface area contributed by atoms with Gasteiger partial charge in [0.2, 0.25) is 0 Å². The van der Waals surface area contributed by atoms with Gasteiger partial charge in [-0.25, -0.2) is 0 Å². The number of hydrogen-bond acceptors (Lipinski definition) is 3. The topological polar surface area (TPSA) is 38.5 Å². The highest BCUT2D eigenvalue weighted by Crippen LogP contribution is 2.26. The van der Waals surface area contributed by atoms with Crippen molar-refractivity contribution in [3.8, 4) is 0 Å². The standard InChI is InChI=1S/C15H24N2O/c1-12-10-17(9-8-14(12)16)15(11-18-2)13-6-4-3-5-7-13/h3-7,12,14-15H,8-11,16H2,1-2H3. The van der Waals surface area contributed by atoms with E-state index in [1.807, 2.05) is 0 Å². The van der Waals surface area contributed by atoms with Crippen LogP contribution in [0.25, 0.3) is 0 Å². The monoisotopic (exact) mass is 248 g/mol. The third-order valence-electron chi connectivity index (χ3n) is 3.95. The van der Waals surface area contributed by atoms with Gasteiger partial charge in [-0.3, -0.25) is 4.90 Å². The van der Waals surface area contributed by atoms with E-state index in [1.54, 1.807) is 7.11 Å².